The highest BCUT2D eigenvalue weighted by Crippen LogP contribution is 2.36. The van der Waals surface area contributed by atoms with Crippen LogP contribution in [0.5, 0.6) is 0 Å². The van der Waals surface area contributed by atoms with Crippen molar-refractivity contribution in [3.8, 4) is 0 Å². The monoisotopic (exact) mass is 960 g/mol. The second-order valence-corrected chi connectivity index (χ2v) is 15.4. The lowest BCUT2D eigenvalue weighted by Gasteiger charge is -2.48. The van der Waals surface area contributed by atoms with Gasteiger partial charge in [-0.2, -0.15) is 0 Å². The molecule has 0 spiro atoms. The standard InChI is InChI=1S/C47H52N4O18/c1-26(52)59-24-36-40(69-47-44(66-31(6)57)43(65-30(5)56)41(63-28(3)54)37(68-47)25-60-27(2)53)42(64-29(4)55)39(50-51-48)46(67-36)62-23-35(45(58)61-22-32-16-10-7-11-17-32)49-38(33-18-12-8-13-19-33)34-20-14-9-15-21-34/h7-21,35-37,39-44,46-47H,22-25H2,1-6H3/t35-,36+,37+,39+,40+,41-,42+,43-,44+,46-,47-/m0/s1. The summed E-state index contributed by atoms with van der Waals surface area (Å²) in [6, 6.07) is 23.8. The molecule has 3 aromatic carbocycles. The molecule has 3 aromatic rings. The fraction of sp³-hybridized carbons (Fsp3) is 0.447. The number of nitrogens with zero attached hydrogens (tertiary/aromatic N) is 4. The van der Waals surface area contributed by atoms with E-state index in [0.717, 1.165) is 41.5 Å². The van der Waals surface area contributed by atoms with Gasteiger partial charge in [-0.1, -0.05) is 96.1 Å². The van der Waals surface area contributed by atoms with Gasteiger partial charge in [0.2, 0.25) is 0 Å². The van der Waals surface area contributed by atoms with Gasteiger partial charge in [0.1, 0.15) is 50.3 Å². The summed E-state index contributed by atoms with van der Waals surface area (Å²) in [5.74, 6) is -6.11. The van der Waals surface area contributed by atoms with Crippen molar-refractivity contribution in [3.63, 3.8) is 0 Å². The minimum Gasteiger partial charge on any atom is -0.463 e. The maximum absolute atomic E-state index is 14.1. The second kappa shape index (κ2) is 25.8. The first-order valence-electron chi connectivity index (χ1n) is 21.5. The molecular formula is C47H52N4O18. The highest BCUT2D eigenvalue weighted by molar-refractivity contribution is 6.13. The van der Waals surface area contributed by atoms with E-state index in [2.05, 4.69) is 10.0 Å². The van der Waals surface area contributed by atoms with E-state index in [0.29, 0.717) is 22.4 Å². The Labute approximate surface area is 396 Å². The van der Waals surface area contributed by atoms with E-state index in [1.165, 1.54) is 0 Å². The van der Waals surface area contributed by atoms with Gasteiger partial charge in [0.05, 0.1) is 12.3 Å². The third-order valence-electron chi connectivity index (χ3n) is 10.1. The third kappa shape index (κ3) is 15.7. The van der Waals surface area contributed by atoms with E-state index in [-0.39, 0.29) is 6.61 Å². The molecular weight excluding hydrogens is 909 g/mol. The van der Waals surface area contributed by atoms with Crippen molar-refractivity contribution in [3.05, 3.63) is 118 Å². The molecule has 5 rings (SSSR count). The Balaban J connectivity index is 1.57. The molecule has 2 saturated heterocycles. The highest BCUT2D eigenvalue weighted by Gasteiger charge is 2.57. The summed E-state index contributed by atoms with van der Waals surface area (Å²) in [5, 5.41) is 3.86. The van der Waals surface area contributed by atoms with E-state index in [4.69, 9.17) is 57.1 Å². The van der Waals surface area contributed by atoms with E-state index >= 15 is 0 Å². The lowest BCUT2D eigenvalue weighted by atomic mass is 9.95. The number of esters is 7. The first-order valence-corrected chi connectivity index (χ1v) is 21.5. The summed E-state index contributed by atoms with van der Waals surface area (Å²) in [4.78, 5) is 96.6. The molecule has 11 atom stereocenters. The fourth-order valence-corrected chi connectivity index (χ4v) is 7.32. The lowest BCUT2D eigenvalue weighted by molar-refractivity contribution is -0.349. The van der Waals surface area contributed by atoms with Gasteiger partial charge >= 0.3 is 41.8 Å². The zero-order valence-corrected chi connectivity index (χ0v) is 38.5. The molecule has 0 unspecified atom stereocenters. The number of hydrogen-bond acceptors (Lipinski definition) is 20. The molecule has 2 fully saturated rings. The number of azide groups is 1. The van der Waals surface area contributed by atoms with Crippen molar-refractivity contribution in [2.75, 3.05) is 19.8 Å². The Morgan fingerprint density at radius 1 is 0.565 bits per heavy atom. The molecule has 0 amide bonds. The maximum atomic E-state index is 14.1. The number of carbonyl (C=O) groups is 7. The van der Waals surface area contributed by atoms with Gasteiger partial charge < -0.3 is 52.1 Å². The van der Waals surface area contributed by atoms with Crippen LogP contribution in [0.15, 0.2) is 101 Å². The van der Waals surface area contributed by atoms with Gasteiger partial charge in [-0.05, 0) is 11.1 Å². The fourth-order valence-electron chi connectivity index (χ4n) is 7.32. The molecule has 0 aliphatic carbocycles. The number of benzene rings is 3. The Bertz CT molecular complexity index is 2290. The summed E-state index contributed by atoms with van der Waals surface area (Å²) in [5.41, 5.74) is 12.3. The van der Waals surface area contributed by atoms with Crippen LogP contribution in [0.3, 0.4) is 0 Å². The van der Waals surface area contributed by atoms with Gasteiger partial charge in [0.25, 0.3) is 0 Å². The smallest absolute Gasteiger partial charge is 0.333 e. The summed E-state index contributed by atoms with van der Waals surface area (Å²) in [7, 11) is 0. The second-order valence-electron chi connectivity index (χ2n) is 15.4. The molecule has 69 heavy (non-hydrogen) atoms. The minimum atomic E-state index is -1.88. The largest absolute Gasteiger partial charge is 0.463 e. The average molecular weight is 961 g/mol. The van der Waals surface area contributed by atoms with Gasteiger partial charge in [-0.3, -0.25) is 33.8 Å². The molecule has 2 aliphatic heterocycles. The van der Waals surface area contributed by atoms with Crippen LogP contribution in [0.1, 0.15) is 58.2 Å². The van der Waals surface area contributed by atoms with Crippen LogP contribution in [0.4, 0.5) is 0 Å². The molecule has 0 radical (unpaired) electrons. The van der Waals surface area contributed by atoms with Crippen molar-refractivity contribution < 1.29 is 85.7 Å². The van der Waals surface area contributed by atoms with Gasteiger partial charge in [-0.25, -0.2) is 4.79 Å². The van der Waals surface area contributed by atoms with Crippen LogP contribution in [0.25, 0.3) is 10.4 Å². The van der Waals surface area contributed by atoms with Crippen LogP contribution in [0, 0.1) is 0 Å². The predicted octanol–water partition coefficient (Wildman–Crippen LogP) is 4.02. The SMILES string of the molecule is CC(=O)OC[C@H]1O[C@@H](O[C@H]2[C@H](OC(C)=O)[C@@H](N=[N+]=[N-])[C@@H](OC[C@H](N=C(c3ccccc3)c3ccccc3)C(=O)OCc3ccccc3)O[C@@H]2COC(C)=O)[C@H](OC(C)=O)[C@@H](OC(C)=O)[C@H]1OC(C)=O. The van der Waals surface area contributed by atoms with Crippen molar-refractivity contribution in [2.45, 2.75) is 116 Å². The van der Waals surface area contributed by atoms with Crippen LogP contribution >= 0.6 is 0 Å². The van der Waals surface area contributed by atoms with Crippen molar-refractivity contribution >= 4 is 47.5 Å². The maximum Gasteiger partial charge on any atom is 0.333 e. The van der Waals surface area contributed by atoms with Crippen LogP contribution in [-0.2, 0) is 92.3 Å². The van der Waals surface area contributed by atoms with Crippen LogP contribution < -0.4 is 0 Å². The normalized spacial score (nSPS) is 24.4. The Hall–Kier alpha value is -7.23. The minimum absolute atomic E-state index is 0.129. The first-order chi connectivity index (χ1) is 33.0. The quantitative estimate of drug-likeness (QED) is 0.0386. The predicted molar refractivity (Wildman–Crippen MR) is 235 cm³/mol. The lowest BCUT2D eigenvalue weighted by Crippen LogP contribution is -2.66. The van der Waals surface area contributed by atoms with Crippen LogP contribution in [0.2, 0.25) is 0 Å². The molecule has 0 aromatic heterocycles. The van der Waals surface area contributed by atoms with Gasteiger partial charge in [0, 0.05) is 57.6 Å². The van der Waals surface area contributed by atoms with Crippen molar-refractivity contribution in [2.24, 2.45) is 10.1 Å². The molecule has 368 valence electrons. The molecule has 22 nitrogen and oxygen atoms in total. The topological polar surface area (TPSA) is 282 Å². The summed E-state index contributed by atoms with van der Waals surface area (Å²) >= 11 is 0. The molecule has 2 heterocycles. The Morgan fingerprint density at radius 2 is 1.03 bits per heavy atom. The average Bonchev–Trinajstić information content (AvgIpc) is 3.30. The number of aliphatic imine (C=N–C) groups is 1. The number of hydrogen-bond donors (Lipinski definition) is 0. The number of rotatable bonds is 20. The number of ether oxygens (including phenoxy) is 11. The molecule has 0 saturated carbocycles. The molecule has 22 heteroatoms. The number of carbonyl (C=O) groups excluding carboxylic acids is 7. The highest BCUT2D eigenvalue weighted by atomic mass is 16.8. The van der Waals surface area contributed by atoms with E-state index < -0.39 is 129 Å². The zero-order valence-electron chi connectivity index (χ0n) is 38.5. The Morgan fingerprint density at radius 3 is 1.54 bits per heavy atom. The summed E-state index contributed by atoms with van der Waals surface area (Å²) < 4.78 is 63.7. The van der Waals surface area contributed by atoms with Gasteiger partial charge in [0.15, 0.2) is 36.9 Å². The molecule has 0 bridgehead atoms. The summed E-state index contributed by atoms with van der Waals surface area (Å²) in [6.07, 6.45) is -15.0. The first kappa shape index (κ1) is 52.7. The summed E-state index contributed by atoms with van der Waals surface area (Å²) in [6.45, 7) is 4.30. The van der Waals surface area contributed by atoms with Crippen LogP contribution in [-0.4, -0.2) is 135 Å². The van der Waals surface area contributed by atoms with E-state index in [1.807, 2.05) is 12.1 Å². The van der Waals surface area contributed by atoms with E-state index in [1.54, 1.807) is 78.9 Å². The van der Waals surface area contributed by atoms with E-state index in [9.17, 15) is 39.1 Å². The third-order valence-corrected chi connectivity index (χ3v) is 10.1. The van der Waals surface area contributed by atoms with Gasteiger partial charge in [-0.15, -0.1) is 0 Å². The van der Waals surface area contributed by atoms with Crippen molar-refractivity contribution in [1.29, 1.82) is 0 Å². The van der Waals surface area contributed by atoms with Crippen molar-refractivity contribution in [1.82, 2.24) is 0 Å². The Kier molecular flexibility index (Phi) is 19.7. The zero-order chi connectivity index (χ0) is 50.0. The molecule has 0 N–H and O–H groups in total. The molecule has 2 aliphatic rings.